The lowest BCUT2D eigenvalue weighted by Crippen LogP contribution is -2.57. The summed E-state index contributed by atoms with van der Waals surface area (Å²) in [6.45, 7) is 3.23. The molecule has 0 spiro atoms. The number of likely N-dealkylation sites (N-methyl/N-ethyl adjacent to an activating group) is 1. The quantitative estimate of drug-likeness (QED) is 0.679. The van der Waals surface area contributed by atoms with E-state index in [0.29, 0.717) is 36.6 Å². The molecular formula is C23H24FN5O2. The van der Waals surface area contributed by atoms with Crippen LogP contribution in [0.3, 0.4) is 0 Å². The molecule has 0 radical (unpaired) electrons. The maximum atomic E-state index is 13.2. The molecule has 0 bridgehead atoms. The van der Waals surface area contributed by atoms with E-state index in [1.54, 1.807) is 24.0 Å². The predicted octanol–water partition coefficient (Wildman–Crippen LogP) is 2.92. The Morgan fingerprint density at radius 1 is 1.13 bits per heavy atom. The SMILES string of the molecule is Cc1[nH]ncc1C(=O)N1CCN(C)C(C(=O)Nc2cccc(-c3ccc(F)cc3)c2)C1. The summed E-state index contributed by atoms with van der Waals surface area (Å²) in [6, 6.07) is 13.2. The maximum absolute atomic E-state index is 13.2. The molecule has 1 saturated heterocycles. The van der Waals surface area contributed by atoms with Crippen LogP contribution in [0.4, 0.5) is 10.1 Å². The van der Waals surface area contributed by atoms with Crippen molar-refractivity contribution in [3.05, 3.63) is 71.8 Å². The topological polar surface area (TPSA) is 81.3 Å². The molecule has 3 aromatic rings. The lowest BCUT2D eigenvalue weighted by atomic mass is 10.0. The van der Waals surface area contributed by atoms with Crippen LogP contribution in [0, 0.1) is 12.7 Å². The van der Waals surface area contributed by atoms with Crippen LogP contribution in [0.15, 0.2) is 54.7 Å². The molecule has 7 nitrogen and oxygen atoms in total. The van der Waals surface area contributed by atoms with Crippen molar-refractivity contribution in [3.8, 4) is 11.1 Å². The first kappa shape index (κ1) is 20.7. The number of amides is 2. The fraction of sp³-hybridized carbons (Fsp3) is 0.261. The maximum Gasteiger partial charge on any atom is 0.257 e. The van der Waals surface area contributed by atoms with Gasteiger partial charge in [-0.1, -0.05) is 24.3 Å². The molecule has 1 atom stereocenters. The van der Waals surface area contributed by atoms with E-state index in [-0.39, 0.29) is 17.6 Å². The number of nitrogens with zero attached hydrogens (tertiary/aromatic N) is 3. The molecule has 31 heavy (non-hydrogen) atoms. The molecule has 2 heterocycles. The first-order valence-corrected chi connectivity index (χ1v) is 10.1. The highest BCUT2D eigenvalue weighted by Crippen LogP contribution is 2.23. The van der Waals surface area contributed by atoms with E-state index in [4.69, 9.17) is 0 Å². The largest absolute Gasteiger partial charge is 0.335 e. The number of carbonyl (C=O) groups excluding carboxylic acids is 2. The van der Waals surface area contributed by atoms with E-state index >= 15 is 0 Å². The first-order chi connectivity index (χ1) is 14.9. The number of piperazine rings is 1. The standard InChI is InChI=1S/C23H24FN5O2/c1-15-20(13-25-27-15)23(31)29-11-10-28(2)21(14-29)22(30)26-19-5-3-4-17(12-19)16-6-8-18(24)9-7-16/h3-9,12-13,21H,10-11,14H2,1-2H3,(H,25,27)(H,26,30). The highest BCUT2D eigenvalue weighted by Gasteiger charge is 2.33. The van der Waals surface area contributed by atoms with Crippen LogP contribution in [0.5, 0.6) is 0 Å². The fourth-order valence-electron chi connectivity index (χ4n) is 3.72. The number of benzene rings is 2. The fourth-order valence-corrected chi connectivity index (χ4v) is 3.72. The highest BCUT2D eigenvalue weighted by molar-refractivity contribution is 5.98. The Hall–Kier alpha value is -3.52. The lowest BCUT2D eigenvalue weighted by Gasteiger charge is -2.38. The summed E-state index contributed by atoms with van der Waals surface area (Å²) in [5.41, 5.74) is 3.62. The van der Waals surface area contributed by atoms with Crippen molar-refractivity contribution in [2.75, 3.05) is 32.0 Å². The minimum absolute atomic E-state index is 0.129. The second kappa shape index (κ2) is 8.69. The molecule has 1 unspecified atom stereocenters. The van der Waals surface area contributed by atoms with E-state index in [0.717, 1.165) is 11.1 Å². The average molecular weight is 421 g/mol. The summed E-state index contributed by atoms with van der Waals surface area (Å²) in [5, 5.41) is 9.65. The van der Waals surface area contributed by atoms with Gasteiger partial charge in [0.25, 0.3) is 5.91 Å². The van der Waals surface area contributed by atoms with Crippen LogP contribution in [0.25, 0.3) is 11.1 Å². The number of H-pyrrole nitrogens is 1. The number of aryl methyl sites for hydroxylation is 1. The Morgan fingerprint density at radius 3 is 2.61 bits per heavy atom. The average Bonchev–Trinajstić information content (AvgIpc) is 3.20. The molecule has 160 valence electrons. The van der Waals surface area contributed by atoms with Gasteiger partial charge in [0.15, 0.2) is 0 Å². The predicted molar refractivity (Wildman–Crippen MR) is 116 cm³/mol. The van der Waals surface area contributed by atoms with Gasteiger partial charge in [-0.15, -0.1) is 0 Å². The third-order valence-electron chi connectivity index (χ3n) is 5.61. The summed E-state index contributed by atoms with van der Waals surface area (Å²) < 4.78 is 13.2. The van der Waals surface area contributed by atoms with Crippen LogP contribution in [-0.2, 0) is 4.79 Å². The molecule has 2 amide bonds. The smallest absolute Gasteiger partial charge is 0.257 e. The normalized spacial score (nSPS) is 16.9. The van der Waals surface area contributed by atoms with Crippen molar-refractivity contribution < 1.29 is 14.0 Å². The van der Waals surface area contributed by atoms with Gasteiger partial charge >= 0.3 is 0 Å². The number of anilines is 1. The zero-order valence-corrected chi connectivity index (χ0v) is 17.4. The molecule has 0 saturated carbocycles. The van der Waals surface area contributed by atoms with Gasteiger partial charge in [-0.3, -0.25) is 19.6 Å². The van der Waals surface area contributed by atoms with Crippen molar-refractivity contribution in [1.82, 2.24) is 20.0 Å². The van der Waals surface area contributed by atoms with E-state index in [2.05, 4.69) is 15.5 Å². The highest BCUT2D eigenvalue weighted by atomic mass is 19.1. The third kappa shape index (κ3) is 4.49. The summed E-state index contributed by atoms with van der Waals surface area (Å²) in [5.74, 6) is -0.603. The van der Waals surface area contributed by atoms with Crippen LogP contribution in [0.1, 0.15) is 16.1 Å². The number of carbonyl (C=O) groups is 2. The number of nitrogens with one attached hydrogen (secondary N) is 2. The molecule has 1 aromatic heterocycles. The van der Waals surface area contributed by atoms with E-state index in [1.165, 1.54) is 18.3 Å². The van der Waals surface area contributed by atoms with Crippen LogP contribution < -0.4 is 5.32 Å². The molecule has 8 heteroatoms. The monoisotopic (exact) mass is 421 g/mol. The summed E-state index contributed by atoms with van der Waals surface area (Å²) in [4.78, 5) is 29.5. The van der Waals surface area contributed by atoms with Gasteiger partial charge in [0, 0.05) is 31.0 Å². The summed E-state index contributed by atoms with van der Waals surface area (Å²) >= 11 is 0. The molecule has 2 N–H and O–H groups in total. The molecular weight excluding hydrogens is 397 g/mol. The first-order valence-electron chi connectivity index (χ1n) is 10.1. The molecule has 4 rings (SSSR count). The molecule has 2 aromatic carbocycles. The van der Waals surface area contributed by atoms with E-state index in [9.17, 15) is 14.0 Å². The van der Waals surface area contributed by atoms with Crippen LogP contribution in [-0.4, -0.2) is 64.5 Å². The lowest BCUT2D eigenvalue weighted by molar-refractivity contribution is -0.122. The van der Waals surface area contributed by atoms with Crippen molar-refractivity contribution in [3.63, 3.8) is 0 Å². The zero-order chi connectivity index (χ0) is 22.0. The van der Waals surface area contributed by atoms with E-state index < -0.39 is 6.04 Å². The number of aromatic amines is 1. The Balaban J connectivity index is 1.47. The van der Waals surface area contributed by atoms with Gasteiger partial charge in [0.2, 0.25) is 5.91 Å². The Labute approximate surface area is 179 Å². The van der Waals surface area contributed by atoms with Crippen molar-refractivity contribution >= 4 is 17.5 Å². The number of hydrogen-bond donors (Lipinski definition) is 2. The van der Waals surface area contributed by atoms with Gasteiger partial charge < -0.3 is 10.2 Å². The van der Waals surface area contributed by atoms with E-state index in [1.807, 2.05) is 36.2 Å². The Kier molecular flexibility index (Phi) is 5.81. The van der Waals surface area contributed by atoms with Gasteiger partial charge in [-0.25, -0.2) is 4.39 Å². The minimum Gasteiger partial charge on any atom is -0.335 e. The van der Waals surface area contributed by atoms with Crippen LogP contribution >= 0.6 is 0 Å². The summed E-state index contributed by atoms with van der Waals surface area (Å²) in [7, 11) is 1.88. The Morgan fingerprint density at radius 2 is 1.90 bits per heavy atom. The summed E-state index contributed by atoms with van der Waals surface area (Å²) in [6.07, 6.45) is 1.52. The minimum atomic E-state index is -0.473. The zero-order valence-electron chi connectivity index (χ0n) is 17.4. The molecule has 1 fully saturated rings. The van der Waals surface area contributed by atoms with Gasteiger partial charge in [0.05, 0.1) is 11.8 Å². The third-order valence-corrected chi connectivity index (χ3v) is 5.61. The number of aromatic nitrogens is 2. The van der Waals surface area contributed by atoms with Crippen LogP contribution in [0.2, 0.25) is 0 Å². The van der Waals surface area contributed by atoms with Gasteiger partial charge in [-0.2, -0.15) is 5.10 Å². The van der Waals surface area contributed by atoms with Gasteiger partial charge in [0.1, 0.15) is 11.9 Å². The van der Waals surface area contributed by atoms with Crippen molar-refractivity contribution in [2.45, 2.75) is 13.0 Å². The van der Waals surface area contributed by atoms with Crippen molar-refractivity contribution in [1.29, 1.82) is 0 Å². The molecule has 1 aliphatic rings. The second-order valence-electron chi connectivity index (χ2n) is 7.73. The number of hydrogen-bond acceptors (Lipinski definition) is 4. The van der Waals surface area contributed by atoms with Crippen molar-refractivity contribution in [2.24, 2.45) is 0 Å². The number of rotatable bonds is 4. The molecule has 0 aliphatic carbocycles. The van der Waals surface area contributed by atoms with Gasteiger partial charge in [-0.05, 0) is 49.4 Å². The Bertz CT molecular complexity index is 1100. The molecule has 1 aliphatic heterocycles. The number of halogens is 1. The second-order valence-corrected chi connectivity index (χ2v) is 7.73.